The van der Waals surface area contributed by atoms with Crippen LogP contribution < -0.4 is 5.32 Å². The van der Waals surface area contributed by atoms with Crippen molar-refractivity contribution in [3.8, 4) is 0 Å². The number of carboxylic acid groups (broad SMARTS) is 1. The second kappa shape index (κ2) is 6.26. The van der Waals surface area contributed by atoms with Gasteiger partial charge in [0.05, 0.1) is 0 Å². The van der Waals surface area contributed by atoms with Crippen LogP contribution in [0.5, 0.6) is 0 Å². The van der Waals surface area contributed by atoms with E-state index in [0.717, 1.165) is 10.2 Å². The summed E-state index contributed by atoms with van der Waals surface area (Å²) >= 11 is 13.8. The molecule has 0 saturated heterocycles. The highest BCUT2D eigenvalue weighted by Crippen LogP contribution is 2.36. The Morgan fingerprint density at radius 2 is 1.95 bits per heavy atom. The predicted molar refractivity (Wildman–Crippen MR) is 85.2 cm³/mol. The van der Waals surface area contributed by atoms with Crippen molar-refractivity contribution in [3.05, 3.63) is 48.5 Å². The van der Waals surface area contributed by atoms with Gasteiger partial charge in [-0.2, -0.15) is 0 Å². The molecule has 0 aliphatic heterocycles. The maximum Gasteiger partial charge on any atom is 0.331 e. The van der Waals surface area contributed by atoms with Crippen LogP contribution >= 0.6 is 54.8 Å². The lowest BCUT2D eigenvalue weighted by Gasteiger charge is -2.14. The number of anilines is 1. The van der Waals surface area contributed by atoms with E-state index in [9.17, 15) is 9.90 Å². The molecule has 100 valence electrons. The van der Waals surface area contributed by atoms with Gasteiger partial charge < -0.3 is 10.4 Å². The summed E-state index contributed by atoms with van der Waals surface area (Å²) < 4.78 is 2.18. The molecule has 19 heavy (non-hydrogen) atoms. The van der Waals surface area contributed by atoms with Gasteiger partial charge in [-0.15, -0.1) is 11.3 Å². The van der Waals surface area contributed by atoms with Gasteiger partial charge in [0.2, 0.25) is 0 Å². The number of carboxylic acids is 1. The third-order valence-electron chi connectivity index (χ3n) is 2.35. The fourth-order valence-corrected chi connectivity index (χ4v) is 3.52. The van der Waals surface area contributed by atoms with Crippen LogP contribution in [-0.4, -0.2) is 11.1 Å². The second-order valence-corrected chi connectivity index (χ2v) is 7.15. The van der Waals surface area contributed by atoms with Crippen molar-refractivity contribution < 1.29 is 9.90 Å². The van der Waals surface area contributed by atoms with Crippen molar-refractivity contribution >= 4 is 66.5 Å². The Bertz CT molecular complexity index is 581. The lowest BCUT2D eigenvalue weighted by molar-refractivity contribution is -0.138. The number of carbonyl (C=O) groups is 1. The maximum absolute atomic E-state index is 11.4. The Morgan fingerprint density at radius 3 is 2.42 bits per heavy atom. The van der Waals surface area contributed by atoms with E-state index in [2.05, 4.69) is 37.2 Å². The number of rotatable bonds is 4. The number of thiophene rings is 1. The highest BCUT2D eigenvalue weighted by Gasteiger charge is 2.22. The minimum atomic E-state index is -0.951. The molecule has 0 aliphatic rings. The van der Waals surface area contributed by atoms with Crippen molar-refractivity contribution in [3.63, 3.8) is 0 Å². The van der Waals surface area contributed by atoms with Crippen molar-refractivity contribution in [2.24, 2.45) is 0 Å². The molecule has 0 bridgehead atoms. The molecule has 1 aromatic carbocycles. The summed E-state index contributed by atoms with van der Waals surface area (Å²) in [5.41, 5.74) is 0.733. The zero-order chi connectivity index (χ0) is 14.0. The fraction of sp³-hybridized carbons (Fsp3) is 0.0833. The maximum atomic E-state index is 11.4. The summed E-state index contributed by atoms with van der Waals surface area (Å²) in [6.07, 6.45) is 0. The van der Waals surface area contributed by atoms with Gasteiger partial charge in [-0.1, -0.05) is 27.5 Å². The summed E-state index contributed by atoms with van der Waals surface area (Å²) in [5.74, 6) is -0.951. The summed E-state index contributed by atoms with van der Waals surface area (Å²) in [6.45, 7) is 0. The molecule has 0 aliphatic carbocycles. The van der Waals surface area contributed by atoms with Gasteiger partial charge in [-0.25, -0.2) is 4.79 Å². The molecule has 1 heterocycles. The van der Waals surface area contributed by atoms with Crippen LogP contribution in [0.1, 0.15) is 10.9 Å². The number of aliphatic carboxylic acids is 1. The van der Waals surface area contributed by atoms with E-state index >= 15 is 0 Å². The summed E-state index contributed by atoms with van der Waals surface area (Å²) in [6, 6.07) is 8.21. The molecular weight excluding hydrogens is 417 g/mol. The number of nitrogens with one attached hydrogen (secondary N) is 1. The van der Waals surface area contributed by atoms with Gasteiger partial charge >= 0.3 is 5.97 Å². The van der Waals surface area contributed by atoms with E-state index in [4.69, 9.17) is 11.6 Å². The van der Waals surface area contributed by atoms with Crippen LogP contribution in [0.15, 0.2) is 39.3 Å². The Morgan fingerprint density at radius 1 is 1.32 bits per heavy atom. The first-order valence-electron chi connectivity index (χ1n) is 5.17. The first kappa shape index (κ1) is 14.8. The zero-order valence-corrected chi connectivity index (χ0v) is 14.1. The van der Waals surface area contributed by atoms with Gasteiger partial charge in [-0.3, -0.25) is 0 Å². The molecule has 0 spiro atoms. The Hall–Kier alpha value is -0.560. The van der Waals surface area contributed by atoms with Crippen LogP contribution in [0.2, 0.25) is 4.34 Å². The average molecular weight is 426 g/mol. The summed E-state index contributed by atoms with van der Waals surface area (Å²) in [5, 5.41) is 12.3. The molecule has 2 aromatic rings. The normalized spacial score (nSPS) is 12.2. The molecule has 0 fully saturated rings. The molecule has 1 unspecified atom stereocenters. The van der Waals surface area contributed by atoms with E-state index in [0.29, 0.717) is 13.7 Å². The van der Waals surface area contributed by atoms with Gasteiger partial charge in [-0.05, 0) is 46.3 Å². The second-order valence-electron chi connectivity index (χ2n) is 3.69. The quantitative estimate of drug-likeness (QED) is 0.711. The van der Waals surface area contributed by atoms with Gasteiger partial charge in [0.1, 0.15) is 4.34 Å². The highest BCUT2D eigenvalue weighted by atomic mass is 79.9. The third-order valence-corrected chi connectivity index (χ3v) is 5.42. The van der Waals surface area contributed by atoms with Crippen LogP contribution in [0.25, 0.3) is 0 Å². The van der Waals surface area contributed by atoms with E-state index in [1.54, 1.807) is 6.07 Å². The molecule has 0 saturated carbocycles. The van der Waals surface area contributed by atoms with Crippen molar-refractivity contribution in [1.82, 2.24) is 0 Å². The molecule has 2 N–H and O–H groups in total. The molecule has 1 aromatic heterocycles. The third kappa shape index (κ3) is 3.72. The number of hydrogen-bond donors (Lipinski definition) is 2. The monoisotopic (exact) mass is 423 g/mol. The van der Waals surface area contributed by atoms with E-state index < -0.39 is 12.0 Å². The largest absolute Gasteiger partial charge is 0.479 e. The minimum Gasteiger partial charge on any atom is -0.479 e. The zero-order valence-electron chi connectivity index (χ0n) is 9.36. The summed E-state index contributed by atoms with van der Waals surface area (Å²) in [4.78, 5) is 12.0. The Kier molecular flexibility index (Phi) is 4.89. The Labute approximate surface area is 135 Å². The van der Waals surface area contributed by atoms with Gasteiger partial charge in [0.15, 0.2) is 6.04 Å². The molecule has 3 nitrogen and oxygen atoms in total. The average Bonchev–Trinajstić information content (AvgIpc) is 2.68. The number of hydrogen-bond acceptors (Lipinski definition) is 3. The standard InChI is InChI=1S/C12H8Br2ClNO2S/c13-6-1-3-7(4-2-6)16-10(12(17)18)9-5-8(14)11(15)19-9/h1-5,10,16H,(H,17,18). The van der Waals surface area contributed by atoms with Crippen molar-refractivity contribution in [2.75, 3.05) is 5.32 Å². The topological polar surface area (TPSA) is 49.3 Å². The Balaban J connectivity index is 2.26. The van der Waals surface area contributed by atoms with Gasteiger partial charge in [0.25, 0.3) is 0 Å². The van der Waals surface area contributed by atoms with Crippen LogP contribution in [0, 0.1) is 0 Å². The first-order valence-corrected chi connectivity index (χ1v) is 7.95. The molecule has 2 rings (SSSR count). The van der Waals surface area contributed by atoms with Crippen LogP contribution in [0.4, 0.5) is 5.69 Å². The lowest BCUT2D eigenvalue weighted by atomic mass is 10.2. The minimum absolute atomic E-state index is 0.541. The van der Waals surface area contributed by atoms with Crippen LogP contribution in [-0.2, 0) is 4.79 Å². The number of halogens is 3. The van der Waals surface area contributed by atoms with Gasteiger partial charge in [0, 0.05) is 19.5 Å². The highest BCUT2D eigenvalue weighted by molar-refractivity contribution is 9.10. The molecule has 0 radical (unpaired) electrons. The molecule has 0 amide bonds. The van der Waals surface area contributed by atoms with Crippen molar-refractivity contribution in [2.45, 2.75) is 6.04 Å². The van der Waals surface area contributed by atoms with E-state index in [-0.39, 0.29) is 0 Å². The fourth-order valence-electron chi connectivity index (χ4n) is 1.47. The smallest absolute Gasteiger partial charge is 0.331 e. The lowest BCUT2D eigenvalue weighted by Crippen LogP contribution is -2.19. The molecular formula is C12H8Br2ClNO2S. The SMILES string of the molecule is O=C(O)C(Nc1ccc(Br)cc1)c1cc(Br)c(Cl)s1. The number of benzene rings is 1. The predicted octanol–water partition coefficient (Wildman–Crippen LogP) is 5.16. The van der Waals surface area contributed by atoms with Crippen molar-refractivity contribution in [1.29, 1.82) is 0 Å². The van der Waals surface area contributed by atoms with E-state index in [1.807, 2.05) is 24.3 Å². The summed E-state index contributed by atoms with van der Waals surface area (Å²) in [7, 11) is 0. The van der Waals surface area contributed by atoms with Crippen LogP contribution in [0.3, 0.4) is 0 Å². The van der Waals surface area contributed by atoms with E-state index in [1.165, 1.54) is 11.3 Å². The molecule has 7 heteroatoms. The molecule has 1 atom stereocenters. The first-order chi connectivity index (χ1) is 8.97.